The molecule has 0 amide bonds. The van der Waals surface area contributed by atoms with Crippen molar-refractivity contribution >= 4 is 6.08 Å². The zero-order valence-corrected chi connectivity index (χ0v) is 19.8. The standard InChI is InChI=1S/C27H35N3O2/c1-6-23-11-8-9-12-24(23)19-30-22(4)27(21(3)28-30)20-29(5)17-10-18-32-26-15-13-25(14-16-26)31-7-2/h6,8-9,11-16H,1,7,10,17-20H2,2-5H3. The fourth-order valence-electron chi connectivity index (χ4n) is 3.83. The van der Waals surface area contributed by atoms with E-state index in [4.69, 9.17) is 14.6 Å². The Bertz CT molecular complexity index is 1010. The Kier molecular flexibility index (Phi) is 8.51. The van der Waals surface area contributed by atoms with Crippen LogP contribution in [0.25, 0.3) is 6.08 Å². The van der Waals surface area contributed by atoms with Gasteiger partial charge >= 0.3 is 0 Å². The molecule has 3 rings (SSSR count). The summed E-state index contributed by atoms with van der Waals surface area (Å²) in [4.78, 5) is 2.33. The molecule has 0 aliphatic rings. The van der Waals surface area contributed by atoms with E-state index < -0.39 is 0 Å². The van der Waals surface area contributed by atoms with Gasteiger partial charge in [0.1, 0.15) is 11.5 Å². The van der Waals surface area contributed by atoms with Crippen LogP contribution in [-0.4, -0.2) is 41.5 Å². The molecule has 170 valence electrons. The molecular weight excluding hydrogens is 398 g/mol. The van der Waals surface area contributed by atoms with Gasteiger partial charge in [-0.25, -0.2) is 0 Å². The van der Waals surface area contributed by atoms with Gasteiger partial charge in [0.2, 0.25) is 0 Å². The first-order chi connectivity index (χ1) is 15.5. The summed E-state index contributed by atoms with van der Waals surface area (Å²) in [6.07, 6.45) is 2.87. The van der Waals surface area contributed by atoms with Crippen LogP contribution < -0.4 is 9.47 Å². The highest BCUT2D eigenvalue weighted by molar-refractivity contribution is 5.51. The molecule has 0 spiro atoms. The summed E-state index contributed by atoms with van der Waals surface area (Å²) >= 11 is 0. The molecule has 0 N–H and O–H groups in total. The molecule has 0 aliphatic heterocycles. The molecule has 0 unspecified atom stereocenters. The van der Waals surface area contributed by atoms with Crippen LogP contribution in [0.15, 0.2) is 55.1 Å². The van der Waals surface area contributed by atoms with Crippen molar-refractivity contribution in [1.82, 2.24) is 14.7 Å². The number of hydrogen-bond donors (Lipinski definition) is 0. The second-order valence-electron chi connectivity index (χ2n) is 8.05. The minimum atomic E-state index is 0.673. The summed E-state index contributed by atoms with van der Waals surface area (Å²) in [5, 5.41) is 4.81. The Morgan fingerprint density at radius 2 is 1.72 bits per heavy atom. The SMILES string of the molecule is C=Cc1ccccc1Cn1nc(C)c(CN(C)CCCOc2ccc(OCC)cc2)c1C. The molecule has 5 heteroatoms. The molecule has 0 saturated carbocycles. The maximum atomic E-state index is 5.87. The maximum absolute atomic E-state index is 5.87. The molecule has 3 aromatic rings. The second kappa shape index (κ2) is 11.5. The monoisotopic (exact) mass is 433 g/mol. The van der Waals surface area contributed by atoms with Crippen molar-refractivity contribution < 1.29 is 9.47 Å². The number of nitrogens with zero attached hydrogens (tertiary/aromatic N) is 3. The lowest BCUT2D eigenvalue weighted by Crippen LogP contribution is -2.21. The van der Waals surface area contributed by atoms with E-state index in [1.165, 1.54) is 16.8 Å². The van der Waals surface area contributed by atoms with Gasteiger partial charge in [-0.15, -0.1) is 0 Å². The van der Waals surface area contributed by atoms with Crippen molar-refractivity contribution in [2.24, 2.45) is 0 Å². The van der Waals surface area contributed by atoms with Crippen molar-refractivity contribution in [3.63, 3.8) is 0 Å². The summed E-state index contributed by atoms with van der Waals surface area (Å²) in [5.41, 5.74) is 6.01. The average Bonchev–Trinajstić information content (AvgIpc) is 3.05. The van der Waals surface area contributed by atoms with Gasteiger partial charge in [0.05, 0.1) is 25.5 Å². The molecular formula is C27H35N3O2. The van der Waals surface area contributed by atoms with E-state index in [9.17, 15) is 0 Å². The average molecular weight is 434 g/mol. The number of aromatic nitrogens is 2. The minimum absolute atomic E-state index is 0.673. The fraction of sp³-hybridized carbons (Fsp3) is 0.370. The quantitative estimate of drug-likeness (QED) is 0.354. The second-order valence-corrected chi connectivity index (χ2v) is 8.05. The van der Waals surface area contributed by atoms with Gasteiger partial charge in [0.15, 0.2) is 0 Å². The van der Waals surface area contributed by atoms with Crippen LogP contribution in [0.4, 0.5) is 0 Å². The van der Waals surface area contributed by atoms with Gasteiger partial charge in [-0.05, 0) is 69.6 Å². The van der Waals surface area contributed by atoms with E-state index >= 15 is 0 Å². The van der Waals surface area contributed by atoms with Gasteiger partial charge in [-0.2, -0.15) is 5.10 Å². The Morgan fingerprint density at radius 3 is 2.41 bits per heavy atom. The highest BCUT2D eigenvalue weighted by Gasteiger charge is 2.14. The van der Waals surface area contributed by atoms with E-state index in [1.807, 2.05) is 43.3 Å². The van der Waals surface area contributed by atoms with E-state index in [0.717, 1.165) is 48.8 Å². The van der Waals surface area contributed by atoms with Crippen LogP contribution in [0, 0.1) is 13.8 Å². The molecule has 32 heavy (non-hydrogen) atoms. The van der Waals surface area contributed by atoms with E-state index in [0.29, 0.717) is 13.2 Å². The van der Waals surface area contributed by atoms with E-state index in [-0.39, 0.29) is 0 Å². The lowest BCUT2D eigenvalue weighted by atomic mass is 10.1. The van der Waals surface area contributed by atoms with Gasteiger partial charge in [-0.1, -0.05) is 36.9 Å². The Hall–Kier alpha value is -3.05. The highest BCUT2D eigenvalue weighted by atomic mass is 16.5. The van der Waals surface area contributed by atoms with E-state index in [1.54, 1.807) is 0 Å². The first-order valence-electron chi connectivity index (χ1n) is 11.3. The number of hydrogen-bond acceptors (Lipinski definition) is 4. The van der Waals surface area contributed by atoms with Crippen LogP contribution in [0.5, 0.6) is 11.5 Å². The predicted octanol–water partition coefficient (Wildman–Crippen LogP) is 5.49. The van der Waals surface area contributed by atoms with Crippen molar-refractivity contribution in [3.8, 4) is 11.5 Å². The summed E-state index contributed by atoms with van der Waals surface area (Å²) in [5.74, 6) is 1.75. The molecule has 1 heterocycles. The Balaban J connectivity index is 1.50. The maximum Gasteiger partial charge on any atom is 0.119 e. The number of benzene rings is 2. The molecule has 0 atom stereocenters. The van der Waals surface area contributed by atoms with Crippen molar-refractivity contribution in [2.45, 2.75) is 40.3 Å². The summed E-state index contributed by atoms with van der Waals surface area (Å²) in [6.45, 7) is 14.1. The normalized spacial score (nSPS) is 11.0. The highest BCUT2D eigenvalue weighted by Crippen LogP contribution is 2.20. The van der Waals surface area contributed by atoms with Gasteiger partial charge in [-0.3, -0.25) is 4.68 Å². The zero-order valence-electron chi connectivity index (χ0n) is 19.8. The zero-order chi connectivity index (χ0) is 22.9. The lowest BCUT2D eigenvalue weighted by Gasteiger charge is -2.17. The third kappa shape index (κ3) is 6.24. The van der Waals surface area contributed by atoms with Crippen LogP contribution in [-0.2, 0) is 13.1 Å². The third-order valence-electron chi connectivity index (χ3n) is 5.64. The molecule has 0 aliphatic carbocycles. The van der Waals surface area contributed by atoms with Gasteiger partial charge in [0.25, 0.3) is 0 Å². The molecule has 0 radical (unpaired) electrons. The van der Waals surface area contributed by atoms with Gasteiger partial charge < -0.3 is 14.4 Å². The van der Waals surface area contributed by atoms with Crippen molar-refractivity contribution in [1.29, 1.82) is 0 Å². The molecule has 0 bridgehead atoms. The first kappa shape index (κ1) is 23.6. The summed E-state index contributed by atoms with van der Waals surface area (Å²) in [6, 6.07) is 16.2. The fourth-order valence-corrected chi connectivity index (χ4v) is 3.83. The smallest absolute Gasteiger partial charge is 0.119 e. The third-order valence-corrected chi connectivity index (χ3v) is 5.64. The molecule has 2 aromatic carbocycles. The summed E-state index contributed by atoms with van der Waals surface area (Å²) < 4.78 is 13.4. The van der Waals surface area contributed by atoms with Crippen molar-refractivity contribution in [2.75, 3.05) is 26.8 Å². The Labute approximate surface area is 192 Å². The molecule has 5 nitrogen and oxygen atoms in total. The number of rotatable bonds is 12. The molecule has 0 fully saturated rings. The van der Waals surface area contributed by atoms with Crippen LogP contribution in [0.2, 0.25) is 0 Å². The minimum Gasteiger partial charge on any atom is -0.494 e. The number of aryl methyl sites for hydroxylation is 1. The van der Waals surface area contributed by atoms with Crippen LogP contribution >= 0.6 is 0 Å². The Morgan fingerprint density at radius 1 is 1.03 bits per heavy atom. The van der Waals surface area contributed by atoms with Gasteiger partial charge in [0, 0.05) is 24.3 Å². The summed E-state index contributed by atoms with van der Waals surface area (Å²) in [7, 11) is 2.15. The number of ether oxygens (including phenoxy) is 2. The van der Waals surface area contributed by atoms with Crippen LogP contribution in [0.3, 0.4) is 0 Å². The van der Waals surface area contributed by atoms with Crippen LogP contribution in [0.1, 0.15) is 41.4 Å². The largest absolute Gasteiger partial charge is 0.494 e. The molecule has 1 aromatic heterocycles. The topological polar surface area (TPSA) is 39.5 Å². The van der Waals surface area contributed by atoms with E-state index in [2.05, 4.69) is 55.3 Å². The first-order valence-corrected chi connectivity index (χ1v) is 11.3. The van der Waals surface area contributed by atoms with Crippen molar-refractivity contribution in [3.05, 3.63) is 83.2 Å². The predicted molar refractivity (Wildman–Crippen MR) is 131 cm³/mol. The molecule has 0 saturated heterocycles. The lowest BCUT2D eigenvalue weighted by molar-refractivity contribution is 0.258.